The number of rotatable bonds is 7. The van der Waals surface area contributed by atoms with Gasteiger partial charge in [0, 0.05) is 5.41 Å². The highest BCUT2D eigenvalue weighted by atomic mass is 16.5. The van der Waals surface area contributed by atoms with E-state index in [1.54, 1.807) is 7.11 Å². The molecule has 0 aliphatic rings. The predicted octanol–water partition coefficient (Wildman–Crippen LogP) is 3.79. The molecule has 1 amide bonds. The van der Waals surface area contributed by atoms with E-state index in [0.717, 1.165) is 28.4 Å². The van der Waals surface area contributed by atoms with Crippen molar-refractivity contribution in [3.05, 3.63) is 54.4 Å². The third kappa shape index (κ3) is 4.63. The molecule has 0 aliphatic carbocycles. The van der Waals surface area contributed by atoms with Crippen LogP contribution in [0.4, 0.5) is 0 Å². The molecule has 0 spiro atoms. The summed E-state index contributed by atoms with van der Waals surface area (Å²) in [5.74, 6) is 2.40. The van der Waals surface area contributed by atoms with Crippen molar-refractivity contribution < 1.29 is 14.3 Å². The van der Waals surface area contributed by atoms with E-state index in [2.05, 4.69) is 9.88 Å². The van der Waals surface area contributed by atoms with Crippen molar-refractivity contribution in [3.63, 3.8) is 0 Å². The minimum absolute atomic E-state index is 0.000545. The molecule has 2 aromatic carbocycles. The first-order valence-corrected chi connectivity index (χ1v) is 9.38. The number of carbonyl (C=O) groups is 1. The van der Waals surface area contributed by atoms with Crippen molar-refractivity contribution in [2.24, 2.45) is 5.41 Å². The average molecular weight is 381 g/mol. The zero-order chi connectivity index (χ0) is 20.1. The Bertz CT molecular complexity index is 940. The van der Waals surface area contributed by atoms with Gasteiger partial charge in [0.1, 0.15) is 23.9 Å². The lowest BCUT2D eigenvalue weighted by molar-refractivity contribution is -0.128. The molecule has 3 aromatic rings. The number of carbonyl (C=O) groups excluding carboxylic acids is 1. The first-order chi connectivity index (χ1) is 13.4. The average Bonchev–Trinajstić information content (AvgIpc) is 3.03. The zero-order valence-electron chi connectivity index (χ0n) is 16.9. The van der Waals surface area contributed by atoms with Crippen LogP contribution in [0.1, 0.15) is 26.6 Å². The number of hydrogen-bond acceptors (Lipinski definition) is 4. The molecular formula is C22H27N3O3. The van der Waals surface area contributed by atoms with Crippen LogP contribution < -0.4 is 14.8 Å². The number of nitrogens with one attached hydrogen (secondary N) is 1. The Balaban J connectivity index is 1.72. The molecule has 6 nitrogen and oxygen atoms in total. The van der Waals surface area contributed by atoms with Gasteiger partial charge >= 0.3 is 0 Å². The van der Waals surface area contributed by atoms with Crippen LogP contribution in [-0.2, 0) is 17.9 Å². The van der Waals surface area contributed by atoms with Crippen LogP contribution in [0.3, 0.4) is 0 Å². The molecule has 0 unspecified atom stereocenters. The fraction of sp³-hybridized carbons (Fsp3) is 0.364. The third-order valence-electron chi connectivity index (χ3n) is 4.46. The minimum Gasteiger partial charge on any atom is -0.497 e. The van der Waals surface area contributed by atoms with Crippen LogP contribution in [0, 0.1) is 5.41 Å². The molecule has 0 radical (unpaired) electrons. The summed E-state index contributed by atoms with van der Waals surface area (Å²) < 4.78 is 13.1. The number of nitrogens with zero attached hydrogens (tertiary/aromatic N) is 2. The molecule has 1 aromatic heterocycles. The van der Waals surface area contributed by atoms with E-state index in [4.69, 9.17) is 14.5 Å². The van der Waals surface area contributed by atoms with E-state index in [1.807, 2.05) is 69.3 Å². The molecule has 3 rings (SSSR count). The van der Waals surface area contributed by atoms with Crippen LogP contribution in [0.25, 0.3) is 11.0 Å². The first-order valence-electron chi connectivity index (χ1n) is 9.38. The maximum atomic E-state index is 12.2. The standard InChI is InChI=1S/C22H27N3O3/c1-22(2,3)21(26)23-15-20-24-18-7-5-6-8-19(18)25(20)13-14-28-17-11-9-16(27-4)10-12-17/h5-12H,13-15H2,1-4H3,(H,23,26). The molecule has 0 bridgehead atoms. The first kappa shape index (κ1) is 19.7. The molecule has 148 valence electrons. The van der Waals surface area contributed by atoms with E-state index < -0.39 is 5.41 Å². The van der Waals surface area contributed by atoms with E-state index in [9.17, 15) is 4.79 Å². The van der Waals surface area contributed by atoms with Crippen molar-refractivity contribution in [2.45, 2.75) is 33.9 Å². The summed E-state index contributed by atoms with van der Waals surface area (Å²) >= 11 is 0. The number of fused-ring (bicyclic) bond motifs is 1. The summed E-state index contributed by atoms with van der Waals surface area (Å²) in [5, 5.41) is 2.98. The van der Waals surface area contributed by atoms with Gasteiger partial charge in [-0.2, -0.15) is 0 Å². The Kier molecular flexibility index (Phi) is 5.87. The van der Waals surface area contributed by atoms with Gasteiger partial charge in [-0.05, 0) is 36.4 Å². The highest BCUT2D eigenvalue weighted by Gasteiger charge is 2.21. The van der Waals surface area contributed by atoms with Crippen molar-refractivity contribution in [1.29, 1.82) is 0 Å². The van der Waals surface area contributed by atoms with Gasteiger partial charge in [0.2, 0.25) is 5.91 Å². The molecule has 6 heteroatoms. The van der Waals surface area contributed by atoms with Crippen LogP contribution >= 0.6 is 0 Å². The summed E-state index contributed by atoms with van der Waals surface area (Å²) in [6, 6.07) is 15.5. The molecule has 0 saturated heterocycles. The van der Waals surface area contributed by atoms with Gasteiger partial charge < -0.3 is 19.4 Å². The molecule has 1 N–H and O–H groups in total. The lowest BCUT2D eigenvalue weighted by Gasteiger charge is -2.18. The van der Waals surface area contributed by atoms with Crippen LogP contribution in [0.5, 0.6) is 11.5 Å². The number of hydrogen-bond donors (Lipinski definition) is 1. The smallest absolute Gasteiger partial charge is 0.225 e. The Labute approximate surface area is 165 Å². The van der Waals surface area contributed by atoms with Gasteiger partial charge in [-0.1, -0.05) is 32.9 Å². The second-order valence-corrected chi connectivity index (χ2v) is 7.63. The molecule has 0 fully saturated rings. The van der Waals surface area contributed by atoms with Gasteiger partial charge in [-0.3, -0.25) is 4.79 Å². The van der Waals surface area contributed by atoms with E-state index in [0.29, 0.717) is 19.7 Å². The predicted molar refractivity (Wildman–Crippen MR) is 110 cm³/mol. The van der Waals surface area contributed by atoms with Gasteiger partial charge in [0.05, 0.1) is 31.2 Å². The van der Waals surface area contributed by atoms with E-state index in [-0.39, 0.29) is 5.91 Å². The van der Waals surface area contributed by atoms with Gasteiger partial charge in [-0.25, -0.2) is 4.98 Å². The topological polar surface area (TPSA) is 65.4 Å². The van der Waals surface area contributed by atoms with Gasteiger partial charge in [0.15, 0.2) is 0 Å². The summed E-state index contributed by atoms with van der Waals surface area (Å²) in [5.41, 5.74) is 1.50. The molecular weight excluding hydrogens is 354 g/mol. The number of benzene rings is 2. The summed E-state index contributed by atoms with van der Waals surface area (Å²) in [6.45, 7) is 7.20. The number of imidazole rings is 1. The van der Waals surface area contributed by atoms with Gasteiger partial charge in [-0.15, -0.1) is 0 Å². The number of aromatic nitrogens is 2. The van der Waals surface area contributed by atoms with Crippen LogP contribution in [0.2, 0.25) is 0 Å². The Hall–Kier alpha value is -3.02. The van der Waals surface area contributed by atoms with Crippen molar-refractivity contribution in [3.8, 4) is 11.5 Å². The molecule has 0 saturated carbocycles. The van der Waals surface area contributed by atoms with Gasteiger partial charge in [0.25, 0.3) is 0 Å². The molecule has 28 heavy (non-hydrogen) atoms. The third-order valence-corrected chi connectivity index (χ3v) is 4.46. The molecule has 0 aliphatic heterocycles. The van der Waals surface area contributed by atoms with Crippen molar-refractivity contribution in [1.82, 2.24) is 14.9 Å². The number of amides is 1. The minimum atomic E-state index is -0.436. The largest absolute Gasteiger partial charge is 0.497 e. The monoisotopic (exact) mass is 381 g/mol. The number of ether oxygens (including phenoxy) is 2. The molecule has 1 heterocycles. The normalized spacial score (nSPS) is 11.4. The zero-order valence-corrected chi connectivity index (χ0v) is 16.9. The Morgan fingerprint density at radius 3 is 2.43 bits per heavy atom. The maximum Gasteiger partial charge on any atom is 0.225 e. The quantitative estimate of drug-likeness (QED) is 0.676. The fourth-order valence-corrected chi connectivity index (χ4v) is 2.86. The Morgan fingerprint density at radius 1 is 1.07 bits per heavy atom. The van der Waals surface area contributed by atoms with Crippen molar-refractivity contribution >= 4 is 16.9 Å². The number of methoxy groups -OCH3 is 1. The lowest BCUT2D eigenvalue weighted by atomic mass is 9.96. The van der Waals surface area contributed by atoms with Crippen LogP contribution in [0.15, 0.2) is 48.5 Å². The number of para-hydroxylation sites is 2. The summed E-state index contributed by atoms with van der Waals surface area (Å²) in [6.07, 6.45) is 0. The fourth-order valence-electron chi connectivity index (χ4n) is 2.86. The second-order valence-electron chi connectivity index (χ2n) is 7.63. The van der Waals surface area contributed by atoms with Crippen molar-refractivity contribution in [2.75, 3.05) is 13.7 Å². The SMILES string of the molecule is COc1ccc(OCCn2c(CNC(=O)C(C)(C)C)nc3ccccc32)cc1. The second kappa shape index (κ2) is 8.33. The highest BCUT2D eigenvalue weighted by molar-refractivity contribution is 5.81. The summed E-state index contributed by atoms with van der Waals surface area (Å²) in [7, 11) is 1.64. The summed E-state index contributed by atoms with van der Waals surface area (Å²) in [4.78, 5) is 16.9. The lowest BCUT2D eigenvalue weighted by Crippen LogP contribution is -2.35. The van der Waals surface area contributed by atoms with E-state index >= 15 is 0 Å². The Morgan fingerprint density at radius 2 is 1.75 bits per heavy atom. The van der Waals surface area contributed by atoms with E-state index in [1.165, 1.54) is 0 Å². The molecule has 0 atom stereocenters. The van der Waals surface area contributed by atoms with Crippen LogP contribution in [-0.4, -0.2) is 29.2 Å². The highest BCUT2D eigenvalue weighted by Crippen LogP contribution is 2.19. The maximum absolute atomic E-state index is 12.2.